The number of ether oxygens (including phenoxy) is 1. The Bertz CT molecular complexity index is 505. The molecule has 110 valence electrons. The van der Waals surface area contributed by atoms with Crippen molar-refractivity contribution >= 4 is 0 Å². The second-order valence-corrected chi connectivity index (χ2v) is 5.95. The van der Waals surface area contributed by atoms with Crippen LogP contribution in [-0.2, 0) is 17.8 Å². The lowest BCUT2D eigenvalue weighted by atomic mass is 10.1. The molecular weight excluding hydrogens is 258 g/mol. The van der Waals surface area contributed by atoms with E-state index in [1.54, 1.807) is 0 Å². The third-order valence-electron chi connectivity index (χ3n) is 4.30. The Morgan fingerprint density at radius 1 is 0.905 bits per heavy atom. The molecule has 0 amide bonds. The first-order valence-corrected chi connectivity index (χ1v) is 7.73. The summed E-state index contributed by atoms with van der Waals surface area (Å²) < 4.78 is 6.07. The van der Waals surface area contributed by atoms with Gasteiger partial charge in [0.15, 0.2) is 0 Å². The zero-order chi connectivity index (χ0) is 14.5. The fraction of sp³-hybridized carbons (Fsp3) is 0.368. The van der Waals surface area contributed by atoms with Crippen LogP contribution in [0.25, 0.3) is 0 Å². The van der Waals surface area contributed by atoms with E-state index in [4.69, 9.17) is 4.74 Å². The van der Waals surface area contributed by atoms with Crippen LogP contribution in [0.3, 0.4) is 0 Å². The van der Waals surface area contributed by atoms with Gasteiger partial charge in [-0.05, 0) is 30.9 Å². The fourth-order valence-electron chi connectivity index (χ4n) is 3.01. The van der Waals surface area contributed by atoms with E-state index in [0.29, 0.717) is 0 Å². The van der Waals surface area contributed by atoms with Gasteiger partial charge in [-0.1, -0.05) is 60.7 Å². The van der Waals surface area contributed by atoms with E-state index in [1.807, 2.05) is 0 Å². The standard InChI is InChI=1S/C19H23NO/c1-19(13-8-14-21-19)20(15-17-9-4-2-5-10-17)16-18-11-6-3-7-12-18/h2-7,9-12H,8,13-16H2,1H3/t19-/m1/s1. The maximum atomic E-state index is 6.07. The van der Waals surface area contributed by atoms with Crippen LogP contribution in [-0.4, -0.2) is 17.2 Å². The largest absolute Gasteiger partial charge is 0.361 e. The Labute approximate surface area is 127 Å². The molecule has 0 N–H and O–H groups in total. The Kier molecular flexibility index (Phi) is 4.37. The molecule has 2 aromatic rings. The van der Waals surface area contributed by atoms with Crippen molar-refractivity contribution in [2.24, 2.45) is 0 Å². The van der Waals surface area contributed by atoms with E-state index in [1.165, 1.54) is 11.1 Å². The monoisotopic (exact) mass is 281 g/mol. The van der Waals surface area contributed by atoms with Gasteiger partial charge in [-0.3, -0.25) is 4.90 Å². The number of nitrogens with zero attached hydrogens (tertiary/aromatic N) is 1. The maximum Gasteiger partial charge on any atom is 0.119 e. The normalized spacial score (nSPS) is 21.8. The smallest absolute Gasteiger partial charge is 0.119 e. The maximum absolute atomic E-state index is 6.07. The molecule has 0 aromatic heterocycles. The molecule has 1 aliphatic rings. The SMILES string of the molecule is C[C@]1(N(Cc2ccccc2)Cc2ccccc2)CCCO1. The van der Waals surface area contributed by atoms with Gasteiger partial charge >= 0.3 is 0 Å². The molecule has 0 bridgehead atoms. The molecule has 3 rings (SSSR count). The third-order valence-corrected chi connectivity index (χ3v) is 4.30. The van der Waals surface area contributed by atoms with Crippen molar-refractivity contribution in [1.82, 2.24) is 4.90 Å². The van der Waals surface area contributed by atoms with Crippen LogP contribution in [0, 0.1) is 0 Å². The average molecular weight is 281 g/mol. The minimum atomic E-state index is -0.147. The van der Waals surface area contributed by atoms with Crippen LogP contribution in [0.2, 0.25) is 0 Å². The lowest BCUT2D eigenvalue weighted by Crippen LogP contribution is -2.44. The first kappa shape index (κ1) is 14.3. The molecule has 2 nitrogen and oxygen atoms in total. The van der Waals surface area contributed by atoms with Gasteiger partial charge in [0.1, 0.15) is 5.72 Å². The van der Waals surface area contributed by atoms with Gasteiger partial charge in [0.25, 0.3) is 0 Å². The van der Waals surface area contributed by atoms with Crippen LogP contribution in [0.5, 0.6) is 0 Å². The minimum absolute atomic E-state index is 0.147. The van der Waals surface area contributed by atoms with Crippen molar-refractivity contribution in [3.63, 3.8) is 0 Å². The van der Waals surface area contributed by atoms with Crippen molar-refractivity contribution < 1.29 is 4.74 Å². The molecular formula is C19H23NO. The molecule has 1 saturated heterocycles. The quantitative estimate of drug-likeness (QED) is 0.814. The van der Waals surface area contributed by atoms with Crippen molar-refractivity contribution in [1.29, 1.82) is 0 Å². The number of hydrogen-bond donors (Lipinski definition) is 0. The first-order valence-electron chi connectivity index (χ1n) is 7.73. The number of hydrogen-bond acceptors (Lipinski definition) is 2. The summed E-state index contributed by atoms with van der Waals surface area (Å²) in [6.45, 7) is 4.95. The minimum Gasteiger partial charge on any atom is -0.361 e. The average Bonchev–Trinajstić information content (AvgIpc) is 2.97. The predicted molar refractivity (Wildman–Crippen MR) is 85.7 cm³/mol. The zero-order valence-electron chi connectivity index (χ0n) is 12.7. The summed E-state index contributed by atoms with van der Waals surface area (Å²) in [4.78, 5) is 2.46. The molecule has 0 unspecified atom stereocenters. The van der Waals surface area contributed by atoms with Gasteiger partial charge in [-0.25, -0.2) is 0 Å². The van der Waals surface area contributed by atoms with E-state index in [9.17, 15) is 0 Å². The molecule has 0 radical (unpaired) electrons. The van der Waals surface area contributed by atoms with E-state index in [-0.39, 0.29) is 5.72 Å². The summed E-state index contributed by atoms with van der Waals surface area (Å²) in [6, 6.07) is 21.3. The molecule has 1 heterocycles. The molecule has 0 aliphatic carbocycles. The van der Waals surface area contributed by atoms with Gasteiger partial charge < -0.3 is 4.74 Å². The summed E-state index contributed by atoms with van der Waals surface area (Å²) in [7, 11) is 0. The molecule has 1 aliphatic heterocycles. The summed E-state index contributed by atoms with van der Waals surface area (Å²) >= 11 is 0. The molecule has 2 heteroatoms. The van der Waals surface area contributed by atoms with Crippen molar-refractivity contribution in [2.75, 3.05) is 6.61 Å². The fourth-order valence-corrected chi connectivity index (χ4v) is 3.01. The van der Waals surface area contributed by atoms with Crippen LogP contribution < -0.4 is 0 Å². The highest BCUT2D eigenvalue weighted by atomic mass is 16.5. The van der Waals surface area contributed by atoms with E-state index >= 15 is 0 Å². The van der Waals surface area contributed by atoms with Crippen LogP contribution in [0.15, 0.2) is 60.7 Å². The van der Waals surface area contributed by atoms with Gasteiger partial charge in [0, 0.05) is 19.7 Å². The summed E-state index contributed by atoms with van der Waals surface area (Å²) in [5.74, 6) is 0. The van der Waals surface area contributed by atoms with Gasteiger partial charge in [-0.2, -0.15) is 0 Å². The van der Waals surface area contributed by atoms with Gasteiger partial charge in [0.2, 0.25) is 0 Å². The Morgan fingerprint density at radius 3 is 1.86 bits per heavy atom. The van der Waals surface area contributed by atoms with Crippen LogP contribution >= 0.6 is 0 Å². The van der Waals surface area contributed by atoms with Crippen molar-refractivity contribution in [3.05, 3.63) is 71.8 Å². The zero-order valence-corrected chi connectivity index (χ0v) is 12.7. The first-order chi connectivity index (χ1) is 10.3. The molecule has 0 spiro atoms. The third kappa shape index (κ3) is 3.52. The lowest BCUT2D eigenvalue weighted by molar-refractivity contribution is -0.118. The molecule has 1 atom stereocenters. The van der Waals surface area contributed by atoms with E-state index < -0.39 is 0 Å². The highest BCUT2D eigenvalue weighted by Gasteiger charge is 2.36. The lowest BCUT2D eigenvalue weighted by Gasteiger charge is -2.37. The molecule has 1 fully saturated rings. The van der Waals surface area contributed by atoms with E-state index in [0.717, 1.165) is 32.5 Å². The Balaban J connectivity index is 1.81. The number of benzene rings is 2. The molecule has 21 heavy (non-hydrogen) atoms. The highest BCUT2D eigenvalue weighted by Crippen LogP contribution is 2.31. The summed E-state index contributed by atoms with van der Waals surface area (Å²) in [6.07, 6.45) is 2.25. The summed E-state index contributed by atoms with van der Waals surface area (Å²) in [5.41, 5.74) is 2.53. The second kappa shape index (κ2) is 6.42. The highest BCUT2D eigenvalue weighted by molar-refractivity contribution is 5.17. The molecule has 2 aromatic carbocycles. The Hall–Kier alpha value is -1.64. The number of rotatable bonds is 5. The van der Waals surface area contributed by atoms with Crippen LogP contribution in [0.1, 0.15) is 30.9 Å². The Morgan fingerprint density at radius 2 is 1.43 bits per heavy atom. The summed E-state index contributed by atoms with van der Waals surface area (Å²) in [5, 5.41) is 0. The van der Waals surface area contributed by atoms with Crippen LogP contribution in [0.4, 0.5) is 0 Å². The van der Waals surface area contributed by atoms with E-state index in [2.05, 4.69) is 72.5 Å². The topological polar surface area (TPSA) is 12.5 Å². The van der Waals surface area contributed by atoms with Gasteiger partial charge in [0.05, 0.1) is 0 Å². The van der Waals surface area contributed by atoms with Crippen molar-refractivity contribution in [3.8, 4) is 0 Å². The second-order valence-electron chi connectivity index (χ2n) is 5.95. The van der Waals surface area contributed by atoms with Crippen molar-refractivity contribution in [2.45, 2.75) is 38.6 Å². The molecule has 0 saturated carbocycles. The van der Waals surface area contributed by atoms with Gasteiger partial charge in [-0.15, -0.1) is 0 Å². The predicted octanol–water partition coefficient (Wildman–Crippen LogP) is 4.22.